The summed E-state index contributed by atoms with van der Waals surface area (Å²) in [7, 11) is -1.62. The number of aromatic nitrogens is 6. The largest absolute Gasteiger partial charge is 0.405 e. The van der Waals surface area contributed by atoms with Crippen molar-refractivity contribution in [3.8, 4) is 0 Å². The number of rotatable bonds is 9. The molecule has 5 saturated heterocycles. The quantitative estimate of drug-likeness (QED) is 0.141. The van der Waals surface area contributed by atoms with Crippen molar-refractivity contribution in [3.05, 3.63) is 60.2 Å². The zero-order chi connectivity index (χ0) is 61.6. The molecule has 8 rings (SSSR count). The van der Waals surface area contributed by atoms with Gasteiger partial charge in [-0.25, -0.2) is 23.4 Å². The molecule has 8 N–H and O–H groups in total. The molecule has 5 fully saturated rings. The molecule has 8 heterocycles. The number of pyridine rings is 1. The zero-order valence-electron chi connectivity index (χ0n) is 46.4. The minimum Gasteiger partial charge on any atom is -0.379 e. The summed E-state index contributed by atoms with van der Waals surface area (Å²) in [5.41, 5.74) is 0.878. The Morgan fingerprint density at radius 3 is 1.51 bits per heavy atom. The number of aryl methyl sites for hydroxylation is 1. The van der Waals surface area contributed by atoms with Crippen molar-refractivity contribution in [2.45, 2.75) is 105 Å². The van der Waals surface area contributed by atoms with Crippen molar-refractivity contribution in [3.63, 3.8) is 0 Å². The number of nitrogens with one attached hydrogen (secondary N) is 8. The number of nitrogens with zero attached hydrogens (tertiary/aromatic N) is 6. The van der Waals surface area contributed by atoms with Gasteiger partial charge >= 0.3 is 6.18 Å². The summed E-state index contributed by atoms with van der Waals surface area (Å²) in [4.78, 5) is 97.8. The second-order valence-corrected chi connectivity index (χ2v) is 22.7. The first-order chi connectivity index (χ1) is 37.8. The van der Waals surface area contributed by atoms with Gasteiger partial charge < -0.3 is 46.7 Å². The Bertz CT molecular complexity index is 2450. The van der Waals surface area contributed by atoms with E-state index in [-0.39, 0.29) is 83.0 Å². The van der Waals surface area contributed by atoms with E-state index in [9.17, 15) is 64.2 Å². The van der Waals surface area contributed by atoms with Gasteiger partial charge in [0.2, 0.25) is 53.2 Å². The number of sulfone groups is 1. The van der Waals surface area contributed by atoms with E-state index in [4.69, 9.17) is 21.1 Å². The van der Waals surface area contributed by atoms with Gasteiger partial charge in [0.15, 0.2) is 9.84 Å². The molecule has 5 aliphatic heterocycles. The van der Waals surface area contributed by atoms with Crippen LogP contribution in [-0.2, 0) is 82.1 Å². The molecule has 81 heavy (non-hydrogen) atoms. The first-order valence-electron chi connectivity index (χ1n) is 24.5. The molecule has 456 valence electrons. The standard InChI is InChI=1S/C8H10N2O.C6H6ClN3O.C6H11NO2.C5H9NO3S.C5H9NO2S.C5H9NO2.C5H9NOS.C4H6F3NO.C3H5N3/c1-7(11)10-6-8-4-2-3-5-9-8;1-4(11)10-6-8-2-5(7)3-9-6;1-5(8)7-6-2-3-9-4-6;1-4(7)6-5-2-10(8,9)3-5;1-4(7)6-5-2-9(8)3-5;2*1-4(7)6-5-2-8-3-5;1-3(9)8-2-4(5,6)7;1-6-3-4-2-5-6/h2-5H,6H2,1H3,(H,10,11);2-3H,1H3,(H,8,9,10,11);6H,2-4H2,1H3,(H,7,8);5H,2-3H2,1H3,(H,6,7);5H,2-3H2,1H3,(H,6,7);2*5H,2-3H2,1H3,(H,6,7);2H2,1H3,(H,8,9);2-3H,1H3. The number of alkyl halides is 3. The summed E-state index contributed by atoms with van der Waals surface area (Å²) >= 11 is 7.38. The summed E-state index contributed by atoms with van der Waals surface area (Å²) < 4.78 is 76.6. The van der Waals surface area contributed by atoms with Gasteiger partial charge in [0.25, 0.3) is 0 Å². The highest BCUT2D eigenvalue weighted by Gasteiger charge is 2.33. The van der Waals surface area contributed by atoms with Crippen molar-refractivity contribution < 1.29 is 73.6 Å². The molecule has 8 amide bonds. The maximum Gasteiger partial charge on any atom is 0.405 e. The lowest BCUT2D eigenvalue weighted by Crippen LogP contribution is -2.52. The fourth-order valence-corrected chi connectivity index (χ4v) is 8.60. The number of hydrogen-bond acceptors (Lipinski definition) is 19. The van der Waals surface area contributed by atoms with Gasteiger partial charge in [-0.3, -0.25) is 57.5 Å². The average molecular weight is 1230 g/mol. The SMILES string of the molecule is CC(=O)NC1CCOC1.CC(=O)NC1COC1.CC(=O)NC1CS(=O)(=O)C1.CC(=O)NC1CS(=O)C1.CC(=O)NC1CSC1.CC(=O)NCC(F)(F)F.CC(=O)NCc1ccccn1.CC(=O)Nc1ncc(Cl)cn1.Cn1cncn1. The molecule has 0 spiro atoms. The van der Waals surface area contributed by atoms with Crippen LogP contribution in [0.3, 0.4) is 0 Å². The Hall–Kier alpha value is -6.42. The third-order valence-electron chi connectivity index (χ3n) is 9.15. The molecule has 0 bridgehead atoms. The monoisotopic (exact) mass is 1230 g/mol. The summed E-state index contributed by atoms with van der Waals surface area (Å²) in [6.45, 7) is 13.4. The van der Waals surface area contributed by atoms with E-state index in [1.807, 2.05) is 37.0 Å². The van der Waals surface area contributed by atoms with Gasteiger partial charge in [-0.05, 0) is 18.6 Å². The highest BCUT2D eigenvalue weighted by Crippen LogP contribution is 2.17. The van der Waals surface area contributed by atoms with Gasteiger partial charge in [0.1, 0.15) is 19.2 Å². The van der Waals surface area contributed by atoms with E-state index in [0.29, 0.717) is 48.9 Å². The van der Waals surface area contributed by atoms with E-state index in [2.05, 4.69) is 62.3 Å². The number of thioether (sulfide) groups is 1. The Morgan fingerprint density at radius 1 is 0.691 bits per heavy atom. The van der Waals surface area contributed by atoms with Crippen molar-refractivity contribution in [1.29, 1.82) is 0 Å². The van der Waals surface area contributed by atoms with Crippen LogP contribution in [0.25, 0.3) is 0 Å². The van der Waals surface area contributed by atoms with Crippen LogP contribution in [0.4, 0.5) is 19.1 Å². The van der Waals surface area contributed by atoms with Crippen molar-refractivity contribution in [2.24, 2.45) is 7.05 Å². The number of anilines is 1. The van der Waals surface area contributed by atoms with Gasteiger partial charge in [0.05, 0.1) is 85.1 Å². The number of halogens is 4. The van der Waals surface area contributed by atoms with Crippen molar-refractivity contribution >= 4 is 97.2 Å². The van der Waals surface area contributed by atoms with Crippen LogP contribution in [0.15, 0.2) is 49.4 Å². The Morgan fingerprint density at radius 2 is 1.20 bits per heavy atom. The molecule has 0 aromatic carbocycles. The van der Waals surface area contributed by atoms with Crippen LogP contribution in [0.1, 0.15) is 67.5 Å². The molecule has 0 aliphatic carbocycles. The second kappa shape index (κ2) is 41.6. The van der Waals surface area contributed by atoms with Gasteiger partial charge in [-0.15, -0.1) is 0 Å². The summed E-state index contributed by atoms with van der Waals surface area (Å²) in [5.74, 6) is 2.99. The van der Waals surface area contributed by atoms with Crippen LogP contribution >= 0.6 is 23.4 Å². The fourth-order valence-electron chi connectivity index (χ4n) is 5.60. The summed E-state index contributed by atoms with van der Waals surface area (Å²) in [6.07, 6.45) is 4.34. The zero-order valence-corrected chi connectivity index (χ0v) is 49.6. The van der Waals surface area contributed by atoms with Gasteiger partial charge in [-0.1, -0.05) is 17.7 Å². The van der Waals surface area contributed by atoms with Gasteiger partial charge in [0, 0.05) is 115 Å². The molecule has 0 radical (unpaired) electrons. The van der Waals surface area contributed by atoms with Crippen molar-refractivity contribution in [1.82, 2.24) is 66.9 Å². The van der Waals surface area contributed by atoms with Crippen LogP contribution in [0.5, 0.6) is 0 Å². The van der Waals surface area contributed by atoms with E-state index < -0.39 is 39.3 Å². The third-order valence-corrected chi connectivity index (χ3v) is 14.0. The molecular weight excluding hydrogens is 1160 g/mol. The molecular formula is C47H74ClF3N14O13S3. The normalized spacial score (nSPS) is 17.7. The lowest BCUT2D eigenvalue weighted by atomic mass is 10.2. The predicted molar refractivity (Wildman–Crippen MR) is 297 cm³/mol. The highest BCUT2D eigenvalue weighted by molar-refractivity contribution is 8.00. The first kappa shape index (κ1) is 74.6. The number of ether oxygens (including phenoxy) is 2. The maximum absolute atomic E-state index is 11.2. The maximum atomic E-state index is 11.2. The lowest BCUT2D eigenvalue weighted by molar-refractivity contribution is -0.137. The van der Waals surface area contributed by atoms with Crippen LogP contribution in [0, 0.1) is 0 Å². The molecule has 3 aromatic rings. The Balaban J connectivity index is 0.000000892. The number of amides is 8. The minimum absolute atomic E-state index is 0.0262. The van der Waals surface area contributed by atoms with E-state index in [1.165, 1.54) is 60.3 Å². The van der Waals surface area contributed by atoms with E-state index >= 15 is 0 Å². The van der Waals surface area contributed by atoms with E-state index in [1.54, 1.807) is 29.4 Å². The smallest absolute Gasteiger partial charge is 0.379 e. The summed E-state index contributed by atoms with van der Waals surface area (Å²) in [6, 6.07) is 6.68. The average Bonchev–Trinajstić information content (AvgIpc) is 4.02. The van der Waals surface area contributed by atoms with Crippen LogP contribution < -0.4 is 42.5 Å². The number of carbonyl (C=O) groups excluding carboxylic acids is 8. The second-order valence-electron chi connectivity index (χ2n) is 17.5. The third kappa shape index (κ3) is 45.9. The van der Waals surface area contributed by atoms with Crippen molar-refractivity contribution in [2.75, 3.05) is 72.8 Å². The minimum atomic E-state index is -4.30. The van der Waals surface area contributed by atoms with Gasteiger partial charge in [-0.2, -0.15) is 30.0 Å². The molecule has 27 nitrogen and oxygen atoms in total. The topological polar surface area (TPSA) is 372 Å². The fraction of sp³-hybridized carbons (Fsp3) is 0.596. The predicted octanol–water partition coefficient (Wildman–Crippen LogP) is 0.149. The molecule has 5 aliphatic rings. The molecule has 1 unspecified atom stereocenters. The Kier molecular flexibility index (Phi) is 38.3. The first-order valence-corrected chi connectivity index (χ1v) is 29.3. The number of carbonyl (C=O) groups is 8. The lowest BCUT2D eigenvalue weighted by Gasteiger charge is -2.25. The van der Waals surface area contributed by atoms with E-state index in [0.717, 1.165) is 37.2 Å². The van der Waals surface area contributed by atoms with Crippen LogP contribution in [0.2, 0.25) is 5.02 Å². The molecule has 1 atom stereocenters. The molecule has 0 saturated carbocycles. The molecule has 3 aromatic heterocycles. The number of hydrogen-bond donors (Lipinski definition) is 8. The highest BCUT2D eigenvalue weighted by atomic mass is 35.5. The molecule has 34 heteroatoms. The Labute approximate surface area is 480 Å². The van der Waals surface area contributed by atoms with Crippen LogP contribution in [-0.4, -0.2) is 193 Å². The summed E-state index contributed by atoms with van der Waals surface area (Å²) in [5, 5.41) is 24.4.